The second kappa shape index (κ2) is 16.5. The Morgan fingerprint density at radius 2 is 1.35 bits per heavy atom. The van der Waals surface area contributed by atoms with Gasteiger partial charge in [-0.05, 0) is 83.2 Å². The molecule has 0 aliphatic rings. The summed E-state index contributed by atoms with van der Waals surface area (Å²) >= 11 is 0. The number of benzene rings is 3. The van der Waals surface area contributed by atoms with E-state index in [0.717, 1.165) is 22.4 Å². The average Bonchev–Trinajstić information content (AvgIpc) is 2.97. The van der Waals surface area contributed by atoms with Crippen LogP contribution in [-0.4, -0.2) is 47.7 Å². The van der Waals surface area contributed by atoms with Crippen LogP contribution in [0, 0.1) is 0 Å². The molecule has 0 unspecified atom stereocenters. The molecule has 3 aromatic carbocycles. The highest BCUT2D eigenvalue weighted by molar-refractivity contribution is 5.93. The van der Waals surface area contributed by atoms with Crippen LogP contribution in [-0.2, 0) is 20.9 Å². The molecular weight excluding hydrogens is 582 g/mol. The molecule has 5 N–H and O–H groups in total. The Balaban J connectivity index is 1.72. The molecule has 46 heavy (non-hydrogen) atoms. The minimum absolute atomic E-state index is 0.0913. The molecule has 246 valence electrons. The molecule has 3 amide bonds. The summed E-state index contributed by atoms with van der Waals surface area (Å²) < 4.78 is 11.1. The zero-order valence-electron chi connectivity index (χ0n) is 27.6. The van der Waals surface area contributed by atoms with Gasteiger partial charge < -0.3 is 25.8 Å². The smallest absolute Gasteiger partial charge is 0.414 e. The third kappa shape index (κ3) is 12.6. The summed E-state index contributed by atoms with van der Waals surface area (Å²) in [5, 5.41) is 8.34. The summed E-state index contributed by atoms with van der Waals surface area (Å²) in [5.74, 6) is -0.587. The van der Waals surface area contributed by atoms with E-state index in [9.17, 15) is 14.4 Å². The van der Waals surface area contributed by atoms with Crippen LogP contribution in [0.4, 0.5) is 4.79 Å². The Kier molecular flexibility index (Phi) is 12.7. The Morgan fingerprint density at radius 1 is 0.783 bits per heavy atom. The highest BCUT2D eigenvalue weighted by Gasteiger charge is 2.28. The van der Waals surface area contributed by atoms with Gasteiger partial charge in [-0.2, -0.15) is 0 Å². The molecule has 10 nitrogen and oxygen atoms in total. The molecule has 0 radical (unpaired) electrons. The van der Waals surface area contributed by atoms with E-state index in [1.54, 1.807) is 20.8 Å². The van der Waals surface area contributed by atoms with Gasteiger partial charge in [-0.1, -0.05) is 72.8 Å². The summed E-state index contributed by atoms with van der Waals surface area (Å²) in [5.41, 5.74) is 7.37. The molecule has 0 spiro atoms. The summed E-state index contributed by atoms with van der Waals surface area (Å²) in [6.45, 7) is 11.7. The topological polar surface area (TPSA) is 144 Å². The molecule has 0 aliphatic heterocycles. The van der Waals surface area contributed by atoms with E-state index in [1.807, 2.05) is 106 Å². The number of hydrogen-bond donors (Lipinski definition) is 4. The highest BCUT2D eigenvalue weighted by atomic mass is 16.6. The van der Waals surface area contributed by atoms with Crippen molar-refractivity contribution in [2.45, 2.75) is 84.1 Å². The highest BCUT2D eigenvalue weighted by Crippen LogP contribution is 2.25. The number of nitrogens with zero attached hydrogens (tertiary/aromatic N) is 1. The van der Waals surface area contributed by atoms with Crippen molar-refractivity contribution >= 4 is 23.9 Å². The third-order valence-corrected chi connectivity index (χ3v) is 6.54. The Morgan fingerprint density at radius 3 is 1.87 bits per heavy atom. The lowest BCUT2D eigenvalue weighted by molar-refractivity contribution is -0.129. The van der Waals surface area contributed by atoms with Gasteiger partial charge >= 0.3 is 6.09 Å². The van der Waals surface area contributed by atoms with Crippen molar-refractivity contribution in [3.63, 3.8) is 0 Å². The van der Waals surface area contributed by atoms with Crippen molar-refractivity contribution in [3.05, 3.63) is 102 Å². The number of rotatable bonds is 12. The van der Waals surface area contributed by atoms with Gasteiger partial charge in [0.15, 0.2) is 5.96 Å². The number of nitrogens with two attached hydrogens (primary N) is 1. The van der Waals surface area contributed by atoms with Crippen molar-refractivity contribution in [2.24, 2.45) is 10.7 Å². The number of aliphatic imine (C=N–C) groups is 1. The molecule has 3 aromatic rings. The van der Waals surface area contributed by atoms with Crippen LogP contribution in [0.1, 0.15) is 77.0 Å². The molecule has 10 heteroatoms. The molecule has 0 aromatic heterocycles. The van der Waals surface area contributed by atoms with Crippen LogP contribution >= 0.6 is 0 Å². The standard InChI is InChI=1S/C36H47N5O5/c1-35(2,3)45-28-21-19-25(20-22-28)24-39-31(42)29(18-13-23-38-33(37)41-34(44)46-36(4,5)6)40-32(43)30(26-14-9-7-10-15-26)27-16-11-8-12-17-27/h7-12,14-17,19-22,29-30H,13,18,23-24H2,1-6H3,(H,39,42)(H,40,43)(H3,37,38,41,44)/t29-/m1/s1. The van der Waals surface area contributed by atoms with E-state index >= 15 is 0 Å². The van der Waals surface area contributed by atoms with E-state index in [-0.39, 0.29) is 42.9 Å². The first-order valence-electron chi connectivity index (χ1n) is 15.5. The number of carbonyl (C=O) groups is 3. The van der Waals surface area contributed by atoms with Crippen LogP contribution in [0.25, 0.3) is 0 Å². The van der Waals surface area contributed by atoms with Gasteiger partial charge in [0.05, 0.1) is 5.92 Å². The van der Waals surface area contributed by atoms with E-state index in [1.165, 1.54) is 0 Å². The molecule has 0 saturated carbocycles. The first kappa shape index (κ1) is 35.6. The quantitative estimate of drug-likeness (QED) is 0.120. The SMILES string of the molecule is CC(C)(C)OC(=O)NC(N)=NCCC[C@@H](NC(=O)C(c1ccccc1)c1ccccc1)C(=O)NCc1ccc(OC(C)(C)C)cc1. The number of nitrogens with one attached hydrogen (secondary N) is 3. The van der Waals surface area contributed by atoms with Gasteiger partial charge in [0.2, 0.25) is 11.8 Å². The van der Waals surface area contributed by atoms with E-state index in [2.05, 4.69) is 20.9 Å². The predicted molar refractivity (Wildman–Crippen MR) is 180 cm³/mol. The van der Waals surface area contributed by atoms with Crippen LogP contribution in [0.3, 0.4) is 0 Å². The van der Waals surface area contributed by atoms with Crippen molar-refractivity contribution in [1.29, 1.82) is 0 Å². The molecule has 0 saturated heterocycles. The molecule has 0 aliphatic carbocycles. The monoisotopic (exact) mass is 629 g/mol. The maximum absolute atomic E-state index is 13.8. The lowest BCUT2D eigenvalue weighted by Gasteiger charge is -2.23. The van der Waals surface area contributed by atoms with Crippen LogP contribution in [0.15, 0.2) is 89.9 Å². The van der Waals surface area contributed by atoms with Gasteiger partial charge in [0.1, 0.15) is 23.0 Å². The molecule has 0 bridgehead atoms. The zero-order chi connectivity index (χ0) is 33.7. The number of guanidine groups is 1. The molecule has 1 atom stereocenters. The first-order valence-corrected chi connectivity index (χ1v) is 15.5. The van der Waals surface area contributed by atoms with Gasteiger partial charge in [-0.15, -0.1) is 0 Å². The molecular formula is C36H47N5O5. The van der Waals surface area contributed by atoms with E-state index in [4.69, 9.17) is 15.2 Å². The predicted octanol–water partition coefficient (Wildman–Crippen LogP) is 5.42. The Hall–Kier alpha value is -4.86. The second-order valence-electron chi connectivity index (χ2n) is 12.9. The van der Waals surface area contributed by atoms with Crippen LogP contribution < -0.4 is 26.4 Å². The number of ether oxygens (including phenoxy) is 2. The zero-order valence-corrected chi connectivity index (χ0v) is 27.6. The minimum atomic E-state index is -0.846. The summed E-state index contributed by atoms with van der Waals surface area (Å²) in [4.78, 5) is 43.5. The van der Waals surface area contributed by atoms with Crippen molar-refractivity contribution in [2.75, 3.05) is 6.54 Å². The number of amides is 3. The van der Waals surface area contributed by atoms with E-state index in [0.29, 0.717) is 6.42 Å². The lowest BCUT2D eigenvalue weighted by atomic mass is 9.90. The molecule has 0 heterocycles. The normalized spacial score (nSPS) is 12.6. The van der Waals surface area contributed by atoms with Crippen molar-refractivity contribution in [3.8, 4) is 5.75 Å². The number of carbonyl (C=O) groups excluding carboxylic acids is 3. The van der Waals surface area contributed by atoms with Gasteiger partial charge in [-0.25, -0.2) is 4.79 Å². The van der Waals surface area contributed by atoms with Gasteiger partial charge in [0, 0.05) is 13.1 Å². The van der Waals surface area contributed by atoms with Gasteiger partial charge in [0.25, 0.3) is 0 Å². The third-order valence-electron chi connectivity index (χ3n) is 6.54. The van der Waals surface area contributed by atoms with Crippen molar-refractivity contribution < 1.29 is 23.9 Å². The fourth-order valence-electron chi connectivity index (χ4n) is 4.59. The van der Waals surface area contributed by atoms with Crippen molar-refractivity contribution in [1.82, 2.24) is 16.0 Å². The molecule has 0 fully saturated rings. The molecule has 3 rings (SSSR count). The van der Waals surface area contributed by atoms with E-state index < -0.39 is 23.7 Å². The van der Waals surface area contributed by atoms with Crippen LogP contribution in [0.2, 0.25) is 0 Å². The Labute approximate surface area is 272 Å². The second-order valence-corrected chi connectivity index (χ2v) is 12.9. The number of hydrogen-bond acceptors (Lipinski definition) is 6. The average molecular weight is 630 g/mol. The summed E-state index contributed by atoms with van der Waals surface area (Å²) in [6.07, 6.45) is -0.00540. The fourth-order valence-corrected chi connectivity index (χ4v) is 4.59. The fraction of sp³-hybridized carbons (Fsp3) is 0.389. The largest absolute Gasteiger partial charge is 0.488 e. The number of alkyl carbamates (subject to hydrolysis) is 1. The van der Waals surface area contributed by atoms with Gasteiger partial charge in [-0.3, -0.25) is 19.9 Å². The Bertz CT molecular complexity index is 1410. The summed E-state index contributed by atoms with van der Waals surface area (Å²) in [6, 6.07) is 25.6. The summed E-state index contributed by atoms with van der Waals surface area (Å²) in [7, 11) is 0. The maximum atomic E-state index is 13.8. The maximum Gasteiger partial charge on any atom is 0.414 e. The van der Waals surface area contributed by atoms with Crippen LogP contribution in [0.5, 0.6) is 5.75 Å². The minimum Gasteiger partial charge on any atom is -0.488 e. The lowest BCUT2D eigenvalue weighted by Crippen LogP contribution is -2.48. The first-order chi connectivity index (χ1) is 21.7.